The minimum atomic E-state index is -0.0586. The van der Waals surface area contributed by atoms with Crippen LogP contribution in [-0.2, 0) is 0 Å². The Morgan fingerprint density at radius 3 is 2.33 bits per heavy atom. The van der Waals surface area contributed by atoms with Gasteiger partial charge in [0.25, 0.3) is 0 Å². The molecule has 0 rings (SSSR count). The van der Waals surface area contributed by atoms with E-state index in [4.69, 9.17) is 16.3 Å². The Bertz CT molecular complexity index is 196. The van der Waals surface area contributed by atoms with E-state index in [1.165, 1.54) is 0 Å². The fourth-order valence-electron chi connectivity index (χ4n) is 0.200. The third-order valence-corrected chi connectivity index (χ3v) is 0.531. The summed E-state index contributed by atoms with van der Waals surface area (Å²) >= 11 is 0. The van der Waals surface area contributed by atoms with Crippen LogP contribution in [0.4, 0.5) is 0 Å². The average Bonchev–Trinajstić information content (AvgIpc) is 1.91. The van der Waals surface area contributed by atoms with Gasteiger partial charge in [-0.15, -0.1) is 0 Å². The fraction of sp³-hybridized carbons (Fsp3) is 0. The van der Waals surface area contributed by atoms with Crippen LogP contribution in [0.3, 0.4) is 0 Å². The minimum Gasteiger partial charge on any atom is -0.390 e. The first-order chi connectivity index (χ1) is 4.35. The van der Waals surface area contributed by atoms with Crippen LogP contribution >= 0.6 is 0 Å². The fourth-order valence-corrected chi connectivity index (χ4v) is 0.200. The van der Waals surface area contributed by atoms with E-state index in [0.29, 0.717) is 0 Å². The summed E-state index contributed by atoms with van der Waals surface area (Å²) in [5.41, 5.74) is 4.77. The Labute approximate surface area is 52.5 Å². The molecule has 0 spiro atoms. The predicted molar refractivity (Wildman–Crippen MR) is 32.0 cm³/mol. The van der Waals surface area contributed by atoms with Gasteiger partial charge in [-0.1, -0.05) is 0 Å². The lowest BCUT2D eigenvalue weighted by Crippen LogP contribution is -1.85. The molecule has 0 amide bonds. The van der Waals surface area contributed by atoms with Gasteiger partial charge in [0.15, 0.2) is 0 Å². The molecule has 44 valence electrons. The van der Waals surface area contributed by atoms with E-state index in [1.807, 2.05) is 0 Å². The van der Waals surface area contributed by atoms with Crippen molar-refractivity contribution in [2.75, 3.05) is 0 Å². The first kappa shape index (κ1) is 7.19. The maximum atomic E-state index is 8.10. The Morgan fingerprint density at radius 1 is 1.44 bits per heavy atom. The molecule has 0 aliphatic rings. The van der Waals surface area contributed by atoms with Crippen molar-refractivity contribution >= 4 is 6.34 Å². The van der Waals surface area contributed by atoms with Gasteiger partial charge in [0.05, 0.1) is 12.5 Å². The summed E-state index contributed by atoms with van der Waals surface area (Å²) in [7, 11) is 0. The second-order valence-corrected chi connectivity index (χ2v) is 1.06. The van der Waals surface area contributed by atoms with Crippen LogP contribution in [0, 0.1) is 22.7 Å². The van der Waals surface area contributed by atoms with Gasteiger partial charge in [-0.05, 0) is 0 Å². The Hall–Kier alpha value is -1.81. The van der Waals surface area contributed by atoms with E-state index < -0.39 is 0 Å². The molecule has 0 fully saturated rings. The molecule has 4 heteroatoms. The molecule has 0 aromatic carbocycles. The number of nitriles is 2. The van der Waals surface area contributed by atoms with Gasteiger partial charge >= 0.3 is 0 Å². The molecule has 0 heterocycles. The van der Waals surface area contributed by atoms with Crippen LogP contribution in [0.5, 0.6) is 0 Å². The summed E-state index contributed by atoms with van der Waals surface area (Å²) < 4.78 is 0. The van der Waals surface area contributed by atoms with Gasteiger partial charge < -0.3 is 5.73 Å². The Morgan fingerprint density at radius 2 is 2.00 bits per heavy atom. The highest BCUT2D eigenvalue weighted by Crippen LogP contribution is 1.86. The largest absolute Gasteiger partial charge is 0.390 e. The molecule has 4 nitrogen and oxygen atoms in total. The van der Waals surface area contributed by atoms with Gasteiger partial charge in [-0.25, -0.2) is 4.99 Å². The molecule has 0 aromatic heterocycles. The third-order valence-electron chi connectivity index (χ3n) is 0.531. The quantitative estimate of drug-likeness (QED) is 0.298. The summed E-state index contributed by atoms with van der Waals surface area (Å²) in [6.45, 7) is 0. The first-order valence-electron chi connectivity index (χ1n) is 2.09. The van der Waals surface area contributed by atoms with E-state index in [1.54, 1.807) is 12.1 Å². The molecule has 2 N–H and O–H groups in total. The number of hydrogen-bond acceptors (Lipinski definition) is 3. The highest BCUT2D eigenvalue weighted by Gasteiger charge is 1.85. The predicted octanol–water partition coefficient (Wildman–Crippen LogP) is -0.0955. The zero-order valence-electron chi connectivity index (χ0n) is 4.57. The van der Waals surface area contributed by atoms with Crippen LogP contribution in [0.1, 0.15) is 0 Å². The summed E-state index contributed by atoms with van der Waals surface area (Å²) in [5, 5.41) is 16.2. The molecule has 0 aliphatic carbocycles. The van der Waals surface area contributed by atoms with Gasteiger partial charge in [0, 0.05) is 0 Å². The molecule has 0 aliphatic heterocycles. The number of rotatable bonds is 1. The maximum absolute atomic E-state index is 8.10. The van der Waals surface area contributed by atoms with E-state index in [2.05, 4.69) is 4.99 Å². The molecule has 0 bridgehead atoms. The first-order valence-corrected chi connectivity index (χ1v) is 2.09. The summed E-state index contributed by atoms with van der Waals surface area (Å²) in [5.74, 6) is 0. The molecule has 0 radical (unpaired) electrons. The molecule has 0 saturated heterocycles. The summed E-state index contributed by atoms with van der Waals surface area (Å²) in [6, 6.07) is 3.23. The van der Waals surface area contributed by atoms with Gasteiger partial charge in [-0.2, -0.15) is 10.5 Å². The summed E-state index contributed by atoms with van der Waals surface area (Å²) in [6.07, 6.45) is 2.11. The van der Waals surface area contributed by atoms with Crippen LogP contribution < -0.4 is 5.73 Å². The smallest absolute Gasteiger partial charge is 0.147 e. The lowest BCUT2D eigenvalue weighted by molar-refractivity contribution is 1.43. The van der Waals surface area contributed by atoms with Crippen molar-refractivity contribution in [1.82, 2.24) is 0 Å². The van der Waals surface area contributed by atoms with E-state index in [9.17, 15) is 0 Å². The van der Waals surface area contributed by atoms with Crippen molar-refractivity contribution in [1.29, 1.82) is 10.5 Å². The summed E-state index contributed by atoms with van der Waals surface area (Å²) in [4.78, 5) is 3.36. The van der Waals surface area contributed by atoms with Crippen molar-refractivity contribution in [3.8, 4) is 12.1 Å². The molecule has 0 atom stereocenters. The number of nitrogens with two attached hydrogens (primary N) is 1. The molecule has 0 aromatic rings. The standard InChI is InChI=1S/C5H4N4/c6-1-5(2-7)3-9-4-8/h3-4H,(H2,8,9). The van der Waals surface area contributed by atoms with Crippen LogP contribution in [-0.4, -0.2) is 6.34 Å². The Balaban J connectivity index is 4.18. The van der Waals surface area contributed by atoms with Crippen molar-refractivity contribution < 1.29 is 0 Å². The second kappa shape index (κ2) is 4.35. The number of nitrogens with zero attached hydrogens (tertiary/aromatic N) is 3. The van der Waals surface area contributed by atoms with Gasteiger partial charge in [0.1, 0.15) is 17.7 Å². The second-order valence-electron chi connectivity index (χ2n) is 1.06. The van der Waals surface area contributed by atoms with Crippen LogP contribution in [0.2, 0.25) is 0 Å². The van der Waals surface area contributed by atoms with Gasteiger partial charge in [-0.3, -0.25) is 0 Å². The molecule has 0 saturated carbocycles. The van der Waals surface area contributed by atoms with E-state index >= 15 is 0 Å². The highest BCUT2D eigenvalue weighted by atomic mass is 14.8. The zero-order chi connectivity index (χ0) is 7.11. The molecular formula is C5H4N4. The van der Waals surface area contributed by atoms with Crippen molar-refractivity contribution in [2.45, 2.75) is 0 Å². The third kappa shape index (κ3) is 2.84. The lowest BCUT2D eigenvalue weighted by Gasteiger charge is -1.72. The number of aliphatic imine (C=N–C) groups is 1. The zero-order valence-corrected chi connectivity index (χ0v) is 4.57. The average molecular weight is 120 g/mol. The number of allylic oxidation sites excluding steroid dienone is 1. The SMILES string of the molecule is N#CC(C#N)=CN=CN. The van der Waals surface area contributed by atoms with Crippen molar-refractivity contribution in [2.24, 2.45) is 10.7 Å². The Kier molecular flexibility index (Phi) is 3.48. The number of hydrogen-bond donors (Lipinski definition) is 1. The minimum absolute atomic E-state index is 0.0586. The lowest BCUT2D eigenvalue weighted by atomic mass is 10.4. The molecular weight excluding hydrogens is 116 g/mol. The van der Waals surface area contributed by atoms with E-state index in [-0.39, 0.29) is 5.57 Å². The van der Waals surface area contributed by atoms with Crippen LogP contribution in [0.15, 0.2) is 16.8 Å². The maximum Gasteiger partial charge on any atom is 0.147 e. The van der Waals surface area contributed by atoms with Crippen molar-refractivity contribution in [3.05, 3.63) is 11.8 Å². The van der Waals surface area contributed by atoms with Gasteiger partial charge in [0.2, 0.25) is 0 Å². The normalized spacial score (nSPS) is 7.78. The highest BCUT2D eigenvalue weighted by molar-refractivity contribution is 5.53. The van der Waals surface area contributed by atoms with E-state index in [0.717, 1.165) is 12.5 Å². The van der Waals surface area contributed by atoms with Crippen molar-refractivity contribution in [3.63, 3.8) is 0 Å². The monoisotopic (exact) mass is 120 g/mol. The van der Waals surface area contributed by atoms with Crippen LogP contribution in [0.25, 0.3) is 0 Å². The molecule has 9 heavy (non-hydrogen) atoms. The topological polar surface area (TPSA) is 86.0 Å². The molecule has 0 unspecified atom stereocenters.